The fourth-order valence-corrected chi connectivity index (χ4v) is 2.02. The van der Waals surface area contributed by atoms with Crippen LogP contribution in [0.4, 0.5) is 11.4 Å². The van der Waals surface area contributed by atoms with Gasteiger partial charge in [0.25, 0.3) is 5.91 Å². The molecule has 0 bridgehead atoms. The van der Waals surface area contributed by atoms with Crippen molar-refractivity contribution in [3.63, 3.8) is 0 Å². The van der Waals surface area contributed by atoms with E-state index in [0.717, 1.165) is 23.5 Å². The zero-order valence-corrected chi connectivity index (χ0v) is 12.2. The van der Waals surface area contributed by atoms with Crippen LogP contribution in [0.5, 0.6) is 0 Å². The third-order valence-corrected chi connectivity index (χ3v) is 2.93. The van der Waals surface area contributed by atoms with Crippen LogP contribution in [-0.2, 0) is 11.3 Å². The number of benzene rings is 1. The highest BCUT2D eigenvalue weighted by atomic mass is 16.5. The molecule has 0 radical (unpaired) electrons. The molecule has 1 heterocycles. The lowest BCUT2D eigenvalue weighted by Gasteiger charge is -2.11. The molecule has 0 aliphatic rings. The second-order valence-corrected chi connectivity index (χ2v) is 4.54. The highest BCUT2D eigenvalue weighted by Gasteiger charge is 2.11. The van der Waals surface area contributed by atoms with E-state index in [1.165, 1.54) is 0 Å². The van der Waals surface area contributed by atoms with E-state index in [0.29, 0.717) is 12.2 Å². The molecule has 2 N–H and O–H groups in total. The fourth-order valence-electron chi connectivity index (χ4n) is 2.02. The molecule has 5 nitrogen and oxygen atoms in total. The summed E-state index contributed by atoms with van der Waals surface area (Å²) in [6.07, 6.45) is 3.22. The van der Waals surface area contributed by atoms with Gasteiger partial charge in [-0.1, -0.05) is 12.1 Å². The molecule has 2 rings (SSSR count). The highest BCUT2D eigenvalue weighted by Crippen LogP contribution is 2.17. The maximum Gasteiger partial charge on any atom is 0.259 e. The number of pyridine rings is 1. The number of methoxy groups -OCH3 is 1. The molecular formula is C16H19N3O2. The van der Waals surface area contributed by atoms with Gasteiger partial charge in [-0.15, -0.1) is 0 Å². The summed E-state index contributed by atoms with van der Waals surface area (Å²) >= 11 is 0. The lowest BCUT2D eigenvalue weighted by molar-refractivity contribution is 0.102. The average molecular weight is 285 g/mol. The third kappa shape index (κ3) is 4.03. The number of amides is 1. The minimum absolute atomic E-state index is 0.186. The van der Waals surface area contributed by atoms with Gasteiger partial charge in [-0.3, -0.25) is 9.78 Å². The molecule has 5 heteroatoms. The first kappa shape index (κ1) is 15.0. The van der Waals surface area contributed by atoms with Crippen molar-refractivity contribution in [2.75, 3.05) is 24.3 Å². The van der Waals surface area contributed by atoms with Gasteiger partial charge in [-0.05, 0) is 30.7 Å². The first-order valence-electron chi connectivity index (χ1n) is 6.81. The van der Waals surface area contributed by atoms with Crippen molar-refractivity contribution >= 4 is 17.3 Å². The number of anilines is 2. The summed E-state index contributed by atoms with van der Waals surface area (Å²) < 4.78 is 5.09. The van der Waals surface area contributed by atoms with Crippen LogP contribution in [0.1, 0.15) is 22.8 Å². The van der Waals surface area contributed by atoms with E-state index in [-0.39, 0.29) is 5.91 Å². The molecule has 1 aromatic heterocycles. The van der Waals surface area contributed by atoms with Crippen LogP contribution in [0.2, 0.25) is 0 Å². The van der Waals surface area contributed by atoms with Gasteiger partial charge in [0.1, 0.15) is 0 Å². The topological polar surface area (TPSA) is 63.2 Å². The van der Waals surface area contributed by atoms with Crippen molar-refractivity contribution in [1.29, 1.82) is 0 Å². The lowest BCUT2D eigenvalue weighted by atomic mass is 10.2. The molecule has 0 saturated heterocycles. The van der Waals surface area contributed by atoms with Gasteiger partial charge in [-0.2, -0.15) is 0 Å². The number of hydrogen-bond acceptors (Lipinski definition) is 4. The normalized spacial score (nSPS) is 10.2. The first-order valence-corrected chi connectivity index (χ1v) is 6.81. The van der Waals surface area contributed by atoms with Crippen LogP contribution in [-0.4, -0.2) is 24.5 Å². The average Bonchev–Trinajstić information content (AvgIpc) is 2.49. The Morgan fingerprint density at radius 1 is 1.33 bits per heavy atom. The Balaban J connectivity index is 2.16. The summed E-state index contributed by atoms with van der Waals surface area (Å²) in [5, 5.41) is 6.03. The van der Waals surface area contributed by atoms with Crippen molar-refractivity contribution in [1.82, 2.24) is 4.98 Å². The number of nitrogens with one attached hydrogen (secondary N) is 2. The number of carbonyl (C=O) groups is 1. The molecular weight excluding hydrogens is 266 g/mol. The maximum absolute atomic E-state index is 12.4. The molecule has 0 unspecified atom stereocenters. The monoisotopic (exact) mass is 285 g/mol. The predicted molar refractivity (Wildman–Crippen MR) is 83.5 cm³/mol. The van der Waals surface area contributed by atoms with Gasteiger partial charge in [0.15, 0.2) is 0 Å². The Morgan fingerprint density at radius 2 is 2.19 bits per heavy atom. The van der Waals surface area contributed by atoms with E-state index in [1.807, 2.05) is 31.2 Å². The van der Waals surface area contributed by atoms with Crippen molar-refractivity contribution in [2.24, 2.45) is 0 Å². The second-order valence-electron chi connectivity index (χ2n) is 4.54. The van der Waals surface area contributed by atoms with Crippen LogP contribution in [0.15, 0.2) is 42.7 Å². The molecule has 0 spiro atoms. The zero-order chi connectivity index (χ0) is 15.1. The molecule has 0 atom stereocenters. The minimum atomic E-state index is -0.186. The van der Waals surface area contributed by atoms with Crippen LogP contribution in [0, 0.1) is 0 Å². The summed E-state index contributed by atoms with van der Waals surface area (Å²) in [4.78, 5) is 16.4. The van der Waals surface area contributed by atoms with Gasteiger partial charge >= 0.3 is 0 Å². The molecule has 0 saturated carbocycles. The Labute approximate surface area is 124 Å². The van der Waals surface area contributed by atoms with Gasteiger partial charge in [0.2, 0.25) is 0 Å². The Morgan fingerprint density at radius 3 is 2.95 bits per heavy atom. The maximum atomic E-state index is 12.4. The smallest absolute Gasteiger partial charge is 0.259 e. The van der Waals surface area contributed by atoms with E-state index in [4.69, 9.17) is 4.74 Å². The summed E-state index contributed by atoms with van der Waals surface area (Å²) in [5.74, 6) is -0.186. The summed E-state index contributed by atoms with van der Waals surface area (Å²) in [6.45, 7) is 3.24. The Hall–Kier alpha value is -2.40. The highest BCUT2D eigenvalue weighted by molar-refractivity contribution is 6.07. The van der Waals surface area contributed by atoms with Gasteiger partial charge in [-0.25, -0.2) is 0 Å². The summed E-state index contributed by atoms with van der Waals surface area (Å²) in [5.41, 5.74) is 3.05. The quantitative estimate of drug-likeness (QED) is 0.856. The second kappa shape index (κ2) is 7.40. The minimum Gasteiger partial charge on any atom is -0.385 e. The molecule has 0 aliphatic heterocycles. The van der Waals surface area contributed by atoms with Crippen molar-refractivity contribution in [2.45, 2.75) is 13.5 Å². The van der Waals surface area contributed by atoms with Gasteiger partial charge in [0, 0.05) is 31.7 Å². The SMILES string of the molecule is CCNc1ccncc1C(=O)Nc1cccc(COC)c1. The molecule has 21 heavy (non-hydrogen) atoms. The Bertz CT molecular complexity index is 614. The lowest BCUT2D eigenvalue weighted by Crippen LogP contribution is -2.15. The van der Waals surface area contributed by atoms with E-state index >= 15 is 0 Å². The van der Waals surface area contributed by atoms with E-state index < -0.39 is 0 Å². The van der Waals surface area contributed by atoms with Crippen molar-refractivity contribution < 1.29 is 9.53 Å². The van der Waals surface area contributed by atoms with E-state index in [2.05, 4.69) is 15.6 Å². The molecule has 0 fully saturated rings. The number of ether oxygens (including phenoxy) is 1. The number of rotatable bonds is 6. The number of hydrogen-bond donors (Lipinski definition) is 2. The molecule has 110 valence electrons. The number of carbonyl (C=O) groups excluding carboxylic acids is 1. The fraction of sp³-hybridized carbons (Fsp3) is 0.250. The molecule has 1 aromatic carbocycles. The summed E-state index contributed by atoms with van der Waals surface area (Å²) in [6, 6.07) is 9.37. The van der Waals surface area contributed by atoms with Crippen LogP contribution < -0.4 is 10.6 Å². The van der Waals surface area contributed by atoms with Crippen molar-refractivity contribution in [3.05, 3.63) is 53.9 Å². The molecule has 0 aliphatic carbocycles. The predicted octanol–water partition coefficient (Wildman–Crippen LogP) is 2.91. The standard InChI is InChI=1S/C16H19N3O2/c1-3-18-15-7-8-17-10-14(15)16(20)19-13-6-4-5-12(9-13)11-21-2/h4-10H,3,11H2,1-2H3,(H,17,18)(H,19,20). The van der Waals surface area contributed by atoms with Crippen LogP contribution in [0.25, 0.3) is 0 Å². The van der Waals surface area contributed by atoms with E-state index in [9.17, 15) is 4.79 Å². The van der Waals surface area contributed by atoms with Gasteiger partial charge < -0.3 is 15.4 Å². The summed E-state index contributed by atoms with van der Waals surface area (Å²) in [7, 11) is 1.64. The van der Waals surface area contributed by atoms with Gasteiger partial charge in [0.05, 0.1) is 17.9 Å². The largest absolute Gasteiger partial charge is 0.385 e. The number of nitrogens with zero attached hydrogens (tertiary/aromatic N) is 1. The third-order valence-electron chi connectivity index (χ3n) is 2.93. The number of aromatic nitrogens is 1. The van der Waals surface area contributed by atoms with Crippen LogP contribution in [0.3, 0.4) is 0 Å². The van der Waals surface area contributed by atoms with E-state index in [1.54, 1.807) is 25.6 Å². The van der Waals surface area contributed by atoms with Crippen LogP contribution >= 0.6 is 0 Å². The zero-order valence-electron chi connectivity index (χ0n) is 12.2. The first-order chi connectivity index (χ1) is 10.2. The molecule has 1 amide bonds. The molecule has 2 aromatic rings. The Kier molecular flexibility index (Phi) is 5.29. The van der Waals surface area contributed by atoms with Crippen molar-refractivity contribution in [3.8, 4) is 0 Å².